The van der Waals surface area contributed by atoms with Crippen molar-refractivity contribution in [3.63, 3.8) is 0 Å². The number of nitrogens with one attached hydrogen (secondary N) is 1. The number of rotatable bonds is 4. The highest BCUT2D eigenvalue weighted by atomic mass is 16.5. The van der Waals surface area contributed by atoms with Crippen LogP contribution in [0.4, 0.5) is 11.4 Å². The van der Waals surface area contributed by atoms with E-state index in [1.807, 2.05) is 13.0 Å². The lowest BCUT2D eigenvalue weighted by molar-refractivity contribution is -0.122. The molecule has 1 aliphatic heterocycles. The van der Waals surface area contributed by atoms with E-state index in [9.17, 15) is 19.2 Å². The zero-order valence-electron chi connectivity index (χ0n) is 17.3. The molecule has 4 rings (SSSR count). The van der Waals surface area contributed by atoms with E-state index in [2.05, 4.69) is 10.1 Å². The van der Waals surface area contributed by atoms with Gasteiger partial charge in [0.15, 0.2) is 0 Å². The number of methoxy groups -OCH3 is 1. The molecular formula is C24H22N2O5. The summed E-state index contributed by atoms with van der Waals surface area (Å²) in [7, 11) is 1.30. The fourth-order valence-electron chi connectivity index (χ4n) is 4.09. The zero-order chi connectivity index (χ0) is 22.1. The van der Waals surface area contributed by atoms with Gasteiger partial charge in [-0.3, -0.25) is 19.3 Å². The molecule has 0 unspecified atom stereocenters. The van der Waals surface area contributed by atoms with Crippen LogP contribution in [0.3, 0.4) is 0 Å². The molecule has 0 spiro atoms. The molecule has 0 bridgehead atoms. The lowest BCUT2D eigenvalue weighted by Crippen LogP contribution is -2.31. The van der Waals surface area contributed by atoms with E-state index in [4.69, 9.17) is 0 Å². The van der Waals surface area contributed by atoms with E-state index in [1.54, 1.807) is 48.5 Å². The van der Waals surface area contributed by atoms with Gasteiger partial charge in [0.1, 0.15) is 0 Å². The average molecular weight is 418 g/mol. The van der Waals surface area contributed by atoms with Gasteiger partial charge in [-0.05, 0) is 62.2 Å². The summed E-state index contributed by atoms with van der Waals surface area (Å²) in [5.41, 5.74) is 2.72. The lowest BCUT2D eigenvalue weighted by atomic mass is 9.82. The highest BCUT2D eigenvalue weighted by Crippen LogP contribution is 2.39. The first-order chi connectivity index (χ1) is 14.9. The van der Waals surface area contributed by atoms with Crippen molar-refractivity contribution in [2.45, 2.75) is 19.8 Å². The number of ether oxygens (including phenoxy) is 1. The molecule has 1 heterocycles. The highest BCUT2D eigenvalue weighted by molar-refractivity contribution is 6.22. The van der Waals surface area contributed by atoms with E-state index >= 15 is 0 Å². The molecule has 0 aromatic heterocycles. The van der Waals surface area contributed by atoms with Crippen molar-refractivity contribution in [1.29, 1.82) is 0 Å². The maximum absolute atomic E-state index is 12.9. The van der Waals surface area contributed by atoms with E-state index in [-0.39, 0.29) is 29.6 Å². The number of carbonyl (C=O) groups excluding carboxylic acids is 4. The van der Waals surface area contributed by atoms with Crippen LogP contribution in [0.25, 0.3) is 0 Å². The number of anilines is 2. The summed E-state index contributed by atoms with van der Waals surface area (Å²) >= 11 is 0. The van der Waals surface area contributed by atoms with Crippen molar-refractivity contribution in [2.75, 3.05) is 17.3 Å². The topological polar surface area (TPSA) is 92.8 Å². The van der Waals surface area contributed by atoms with Crippen LogP contribution < -0.4 is 10.2 Å². The Balaban J connectivity index is 1.52. The van der Waals surface area contributed by atoms with Crippen LogP contribution in [0.15, 0.2) is 60.2 Å². The summed E-state index contributed by atoms with van der Waals surface area (Å²) in [5.74, 6) is -1.93. The molecule has 3 amide bonds. The van der Waals surface area contributed by atoms with Gasteiger partial charge in [-0.25, -0.2) is 4.79 Å². The molecule has 2 aromatic carbocycles. The number of nitrogens with zero attached hydrogens (tertiary/aromatic N) is 1. The van der Waals surface area contributed by atoms with Gasteiger partial charge in [-0.15, -0.1) is 0 Å². The largest absolute Gasteiger partial charge is 0.465 e. The normalized spacial score (nSPS) is 20.2. The van der Waals surface area contributed by atoms with Gasteiger partial charge in [0.2, 0.25) is 11.8 Å². The second kappa shape index (κ2) is 8.18. The first kappa shape index (κ1) is 20.5. The number of benzene rings is 2. The highest BCUT2D eigenvalue weighted by Gasteiger charge is 2.48. The number of imide groups is 1. The predicted molar refractivity (Wildman–Crippen MR) is 115 cm³/mol. The van der Waals surface area contributed by atoms with Crippen molar-refractivity contribution in [1.82, 2.24) is 0 Å². The van der Waals surface area contributed by atoms with Crippen molar-refractivity contribution in [3.8, 4) is 0 Å². The summed E-state index contributed by atoms with van der Waals surface area (Å²) in [6.07, 6.45) is 3.18. The maximum Gasteiger partial charge on any atom is 0.337 e. The Hall–Kier alpha value is -3.74. The summed E-state index contributed by atoms with van der Waals surface area (Å²) in [6.45, 7) is 1.97. The molecule has 0 radical (unpaired) electrons. The standard InChI is InChI=1S/C24H22N2O5/c1-14-6-11-19-20(12-14)23(29)26(22(19)28)18-5-3-4-16(13-18)21(27)25-17-9-7-15(8-10-17)24(30)31-2/h3-10,13,19-20H,11-12H2,1-2H3,(H,25,27)/t19-,20-/m1/s1. The molecule has 1 aliphatic carbocycles. The molecule has 2 aromatic rings. The SMILES string of the molecule is COC(=O)c1ccc(NC(=O)c2cccc(N3C(=O)[C@@H]4CC=C(C)C[C@H]4C3=O)c2)cc1. The minimum Gasteiger partial charge on any atom is -0.465 e. The van der Waals surface area contributed by atoms with Gasteiger partial charge in [-0.2, -0.15) is 0 Å². The third kappa shape index (κ3) is 3.86. The van der Waals surface area contributed by atoms with E-state index in [0.717, 1.165) is 5.57 Å². The van der Waals surface area contributed by atoms with Crippen molar-refractivity contribution in [2.24, 2.45) is 11.8 Å². The van der Waals surface area contributed by atoms with Crippen LogP contribution in [0.1, 0.15) is 40.5 Å². The molecule has 158 valence electrons. The van der Waals surface area contributed by atoms with Crippen molar-refractivity contribution in [3.05, 3.63) is 71.3 Å². The minimum absolute atomic E-state index is 0.210. The van der Waals surface area contributed by atoms with Crippen molar-refractivity contribution >= 4 is 35.1 Å². The second-order valence-electron chi connectivity index (χ2n) is 7.79. The van der Waals surface area contributed by atoms with Crippen LogP contribution in [0.2, 0.25) is 0 Å². The van der Waals surface area contributed by atoms with Gasteiger partial charge in [0.25, 0.3) is 5.91 Å². The summed E-state index contributed by atoms with van der Waals surface area (Å²) in [6, 6.07) is 12.8. The third-order valence-electron chi connectivity index (χ3n) is 5.75. The lowest BCUT2D eigenvalue weighted by Gasteiger charge is -2.18. The van der Waals surface area contributed by atoms with Crippen LogP contribution in [-0.4, -0.2) is 30.8 Å². The van der Waals surface area contributed by atoms with Crippen LogP contribution >= 0.6 is 0 Å². The number of fused-ring (bicyclic) bond motifs is 1. The quantitative estimate of drug-likeness (QED) is 0.466. The summed E-state index contributed by atoms with van der Waals surface area (Å²) < 4.78 is 4.66. The Labute approximate surface area is 179 Å². The predicted octanol–water partition coefficient (Wildman–Crippen LogP) is 3.57. The molecule has 7 heteroatoms. The maximum atomic E-state index is 12.9. The van der Waals surface area contributed by atoms with E-state index < -0.39 is 5.97 Å². The number of carbonyl (C=O) groups is 4. The number of esters is 1. The molecule has 1 N–H and O–H groups in total. The smallest absolute Gasteiger partial charge is 0.337 e. The van der Waals surface area contributed by atoms with Gasteiger partial charge < -0.3 is 10.1 Å². The number of allylic oxidation sites excluding steroid dienone is 2. The molecule has 1 saturated heterocycles. The second-order valence-corrected chi connectivity index (χ2v) is 7.79. The van der Waals surface area contributed by atoms with E-state index in [1.165, 1.54) is 12.0 Å². The van der Waals surface area contributed by atoms with Crippen LogP contribution in [0, 0.1) is 11.8 Å². The van der Waals surface area contributed by atoms with Crippen LogP contribution in [-0.2, 0) is 14.3 Å². The van der Waals surface area contributed by atoms with Gasteiger partial charge in [0.05, 0.1) is 30.2 Å². The molecule has 31 heavy (non-hydrogen) atoms. The van der Waals surface area contributed by atoms with Gasteiger partial charge >= 0.3 is 5.97 Å². The first-order valence-corrected chi connectivity index (χ1v) is 10.0. The zero-order valence-corrected chi connectivity index (χ0v) is 17.3. The molecule has 0 saturated carbocycles. The molecule has 7 nitrogen and oxygen atoms in total. The van der Waals surface area contributed by atoms with Crippen molar-refractivity contribution < 1.29 is 23.9 Å². The average Bonchev–Trinajstić information content (AvgIpc) is 3.03. The Bertz CT molecular complexity index is 1100. The Morgan fingerprint density at radius 3 is 2.42 bits per heavy atom. The number of hydrogen-bond donors (Lipinski definition) is 1. The molecular weight excluding hydrogens is 396 g/mol. The Kier molecular flexibility index (Phi) is 5.42. The fourth-order valence-corrected chi connectivity index (χ4v) is 4.09. The molecule has 1 fully saturated rings. The molecule has 2 atom stereocenters. The summed E-state index contributed by atoms with van der Waals surface area (Å²) in [5, 5.41) is 2.75. The summed E-state index contributed by atoms with van der Waals surface area (Å²) in [4.78, 5) is 51.2. The minimum atomic E-state index is -0.462. The monoisotopic (exact) mass is 418 g/mol. The van der Waals surface area contributed by atoms with E-state index in [0.29, 0.717) is 35.3 Å². The van der Waals surface area contributed by atoms with Crippen LogP contribution in [0.5, 0.6) is 0 Å². The Morgan fingerprint density at radius 2 is 1.71 bits per heavy atom. The fraction of sp³-hybridized carbons (Fsp3) is 0.250. The van der Waals surface area contributed by atoms with Gasteiger partial charge in [0, 0.05) is 11.3 Å². The first-order valence-electron chi connectivity index (χ1n) is 10.0. The third-order valence-corrected chi connectivity index (χ3v) is 5.75. The van der Waals surface area contributed by atoms with Gasteiger partial charge in [-0.1, -0.05) is 17.7 Å². The molecule has 2 aliphatic rings. The number of amides is 3. The number of hydrogen-bond acceptors (Lipinski definition) is 5. The Morgan fingerprint density at radius 1 is 1.00 bits per heavy atom.